The average molecular weight is 1180 g/mol. The number of unbranched alkanes of at least 4 members (excludes halogenated alkanes) is 62. The second-order valence-electron chi connectivity index (χ2n) is 26.8. The number of aliphatic hydroxyl groups excluding tert-OH is 1. The number of rotatable bonds is 74. The highest BCUT2D eigenvalue weighted by molar-refractivity contribution is 5.70. The van der Waals surface area contributed by atoms with Gasteiger partial charge in [0.25, 0.3) is 0 Å². The second-order valence-corrected chi connectivity index (χ2v) is 26.8. The lowest BCUT2D eigenvalue weighted by Crippen LogP contribution is -2.28. The van der Waals surface area contributed by atoms with Crippen molar-refractivity contribution in [2.45, 2.75) is 457 Å². The van der Waals surface area contributed by atoms with Gasteiger partial charge in [0.15, 0.2) is 6.10 Å². The molecule has 498 valence electrons. The molecule has 84 heavy (non-hydrogen) atoms. The minimum atomic E-state index is -0.769. The van der Waals surface area contributed by atoms with E-state index >= 15 is 0 Å². The standard InChI is InChI=1S/C79H152O5/c1-3-5-7-9-11-13-15-17-19-21-23-25-27-29-31-33-35-36-37-38-39-40-41-42-44-46-48-50-52-54-56-58-60-62-64-66-68-70-72-74-79(82)84-77(75-80)76-83-78(81)73-71-69-67-65-63-61-59-57-55-53-51-49-47-45-43-34-32-30-28-26-24-22-20-18-16-14-12-10-8-6-4-2/h21-24,77,80H,3-20,25-76H2,1-2H3/b23-21-,24-22-. The first-order valence-electron chi connectivity index (χ1n) is 38.9. The summed E-state index contributed by atoms with van der Waals surface area (Å²) in [5.41, 5.74) is 0. The molecule has 0 aliphatic carbocycles. The Balaban J connectivity index is 3.35. The number of allylic oxidation sites excluding steroid dienone is 4. The van der Waals surface area contributed by atoms with Gasteiger partial charge in [-0.3, -0.25) is 9.59 Å². The molecule has 0 amide bonds. The largest absolute Gasteiger partial charge is 0.462 e. The molecule has 0 fully saturated rings. The van der Waals surface area contributed by atoms with Crippen molar-refractivity contribution >= 4 is 11.9 Å². The van der Waals surface area contributed by atoms with Crippen LogP contribution in [-0.2, 0) is 19.1 Å². The second kappa shape index (κ2) is 75.6. The summed E-state index contributed by atoms with van der Waals surface area (Å²) < 4.78 is 10.8. The van der Waals surface area contributed by atoms with Crippen molar-refractivity contribution in [3.05, 3.63) is 24.3 Å². The van der Waals surface area contributed by atoms with Gasteiger partial charge in [-0.1, -0.05) is 398 Å². The summed E-state index contributed by atoms with van der Waals surface area (Å²) in [6, 6.07) is 0. The van der Waals surface area contributed by atoms with Crippen molar-refractivity contribution < 1.29 is 24.2 Å². The summed E-state index contributed by atoms with van der Waals surface area (Å²) in [7, 11) is 0. The molecule has 0 rings (SSSR count). The van der Waals surface area contributed by atoms with Crippen LogP contribution >= 0.6 is 0 Å². The molecule has 0 aliphatic heterocycles. The fourth-order valence-electron chi connectivity index (χ4n) is 12.4. The Morgan fingerprint density at radius 1 is 0.262 bits per heavy atom. The first-order chi connectivity index (χ1) is 41.6. The van der Waals surface area contributed by atoms with Gasteiger partial charge in [-0.05, 0) is 64.2 Å². The molecule has 0 saturated carbocycles. The van der Waals surface area contributed by atoms with Gasteiger partial charge in [0.05, 0.1) is 6.61 Å². The Morgan fingerprint density at radius 3 is 0.643 bits per heavy atom. The molecule has 0 aromatic heterocycles. The van der Waals surface area contributed by atoms with Crippen LogP contribution in [-0.4, -0.2) is 36.4 Å². The number of hydrogen-bond acceptors (Lipinski definition) is 5. The van der Waals surface area contributed by atoms with Crippen LogP contribution in [0.5, 0.6) is 0 Å². The van der Waals surface area contributed by atoms with E-state index < -0.39 is 6.10 Å². The predicted molar refractivity (Wildman–Crippen MR) is 372 cm³/mol. The number of carbonyl (C=O) groups excluding carboxylic acids is 2. The van der Waals surface area contributed by atoms with E-state index in [9.17, 15) is 14.7 Å². The third-order valence-corrected chi connectivity index (χ3v) is 18.2. The molecular formula is C79H152O5. The summed E-state index contributed by atoms with van der Waals surface area (Å²) in [5.74, 6) is -0.561. The fourth-order valence-corrected chi connectivity index (χ4v) is 12.4. The zero-order chi connectivity index (χ0) is 60.5. The zero-order valence-electron chi connectivity index (χ0n) is 57.5. The third-order valence-electron chi connectivity index (χ3n) is 18.2. The monoisotopic (exact) mass is 1180 g/mol. The lowest BCUT2D eigenvalue weighted by atomic mass is 10.0. The first kappa shape index (κ1) is 82.4. The molecule has 0 aromatic rings. The van der Waals surface area contributed by atoms with Crippen molar-refractivity contribution in [1.82, 2.24) is 0 Å². The van der Waals surface area contributed by atoms with Crippen molar-refractivity contribution in [3.8, 4) is 0 Å². The van der Waals surface area contributed by atoms with Gasteiger partial charge in [0.2, 0.25) is 0 Å². The van der Waals surface area contributed by atoms with Crippen LogP contribution in [0.1, 0.15) is 450 Å². The molecule has 0 heterocycles. The molecule has 0 aliphatic rings. The molecule has 5 heteroatoms. The van der Waals surface area contributed by atoms with E-state index in [0.717, 1.165) is 32.1 Å². The van der Waals surface area contributed by atoms with Crippen LogP contribution in [0, 0.1) is 0 Å². The smallest absolute Gasteiger partial charge is 0.306 e. The minimum Gasteiger partial charge on any atom is -0.462 e. The Bertz CT molecular complexity index is 1290. The molecule has 0 aromatic carbocycles. The normalized spacial score (nSPS) is 12.2. The van der Waals surface area contributed by atoms with E-state index in [1.54, 1.807) is 0 Å². The zero-order valence-corrected chi connectivity index (χ0v) is 57.5. The average Bonchev–Trinajstić information content (AvgIpc) is 3.51. The maximum atomic E-state index is 12.4. The van der Waals surface area contributed by atoms with Crippen LogP contribution in [0.2, 0.25) is 0 Å². The Labute approximate surface area is 527 Å². The van der Waals surface area contributed by atoms with E-state index in [0.29, 0.717) is 12.8 Å². The van der Waals surface area contributed by atoms with E-state index in [1.165, 1.54) is 392 Å². The van der Waals surface area contributed by atoms with Gasteiger partial charge in [-0.2, -0.15) is 0 Å². The van der Waals surface area contributed by atoms with Crippen molar-refractivity contribution in [1.29, 1.82) is 0 Å². The van der Waals surface area contributed by atoms with Gasteiger partial charge in [-0.15, -0.1) is 0 Å². The van der Waals surface area contributed by atoms with Crippen LogP contribution in [0.25, 0.3) is 0 Å². The van der Waals surface area contributed by atoms with E-state index in [-0.39, 0.29) is 25.2 Å². The van der Waals surface area contributed by atoms with Gasteiger partial charge < -0.3 is 14.6 Å². The lowest BCUT2D eigenvalue weighted by molar-refractivity contribution is -0.161. The molecule has 0 spiro atoms. The van der Waals surface area contributed by atoms with Gasteiger partial charge in [0.1, 0.15) is 6.61 Å². The van der Waals surface area contributed by atoms with Crippen LogP contribution in [0.3, 0.4) is 0 Å². The van der Waals surface area contributed by atoms with Gasteiger partial charge in [0, 0.05) is 12.8 Å². The molecule has 0 radical (unpaired) electrons. The van der Waals surface area contributed by atoms with Crippen LogP contribution in [0.4, 0.5) is 0 Å². The van der Waals surface area contributed by atoms with E-state index in [4.69, 9.17) is 9.47 Å². The number of ether oxygens (including phenoxy) is 2. The maximum absolute atomic E-state index is 12.4. The summed E-state index contributed by atoms with van der Waals surface area (Å²) in [6.45, 7) is 4.21. The molecule has 5 nitrogen and oxygen atoms in total. The summed E-state index contributed by atoms with van der Waals surface area (Å²) in [6.07, 6.45) is 99.8. The van der Waals surface area contributed by atoms with Gasteiger partial charge in [-0.25, -0.2) is 0 Å². The number of aliphatic hydroxyl groups is 1. The number of hydrogen-bond donors (Lipinski definition) is 1. The Kier molecular flexibility index (Phi) is 74.2. The van der Waals surface area contributed by atoms with E-state index in [1.807, 2.05) is 0 Å². The van der Waals surface area contributed by atoms with Gasteiger partial charge >= 0.3 is 11.9 Å². The highest BCUT2D eigenvalue weighted by Crippen LogP contribution is 2.20. The van der Waals surface area contributed by atoms with Crippen LogP contribution in [0.15, 0.2) is 24.3 Å². The summed E-state index contributed by atoms with van der Waals surface area (Å²) in [5, 5.41) is 9.72. The number of esters is 2. The Hall–Kier alpha value is -1.62. The quantitative estimate of drug-likeness (QED) is 0.0373. The first-order valence-corrected chi connectivity index (χ1v) is 38.9. The Morgan fingerprint density at radius 2 is 0.440 bits per heavy atom. The maximum Gasteiger partial charge on any atom is 0.306 e. The van der Waals surface area contributed by atoms with Crippen molar-refractivity contribution in [3.63, 3.8) is 0 Å². The fraction of sp³-hybridized carbons (Fsp3) is 0.924. The predicted octanol–water partition coefficient (Wildman–Crippen LogP) is 27.1. The lowest BCUT2D eigenvalue weighted by Gasteiger charge is -2.15. The number of carbonyl (C=O) groups is 2. The third kappa shape index (κ3) is 72.9. The van der Waals surface area contributed by atoms with Crippen LogP contribution < -0.4 is 0 Å². The molecule has 0 bridgehead atoms. The highest BCUT2D eigenvalue weighted by atomic mass is 16.6. The molecule has 1 atom stereocenters. The van der Waals surface area contributed by atoms with E-state index in [2.05, 4.69) is 38.2 Å². The summed E-state index contributed by atoms with van der Waals surface area (Å²) in [4.78, 5) is 24.7. The molecule has 1 N–H and O–H groups in total. The molecule has 1 unspecified atom stereocenters. The minimum absolute atomic E-state index is 0.0575. The van der Waals surface area contributed by atoms with Crippen molar-refractivity contribution in [2.75, 3.05) is 13.2 Å². The van der Waals surface area contributed by atoms with Crippen molar-refractivity contribution in [2.24, 2.45) is 0 Å². The SMILES string of the molecule is CCCCCCCCCC/C=C\CCCCCCCCCCCCCCCCCCCCCCCCCCCCCC(=O)OC(CO)COC(=O)CCCCCCCCCCCCCCCCCCCCC/C=C\CCCCCCCCCC. The topological polar surface area (TPSA) is 72.8 Å². The summed E-state index contributed by atoms with van der Waals surface area (Å²) >= 11 is 0. The molecular weight excluding hydrogens is 1030 g/mol. The molecule has 0 saturated heterocycles. The highest BCUT2D eigenvalue weighted by Gasteiger charge is 2.16.